The number of nitrogens with one attached hydrogen (secondary N) is 1. The van der Waals surface area contributed by atoms with E-state index in [2.05, 4.69) is 44.8 Å². The molecule has 2 unspecified atom stereocenters. The molecular weight excluding hydrogens is 260 g/mol. The summed E-state index contributed by atoms with van der Waals surface area (Å²) in [5, 5.41) is 3.91. The Bertz CT molecular complexity index is 256. The molecule has 1 aliphatic rings. The Morgan fingerprint density at radius 1 is 1.14 bits per heavy atom. The number of rotatable bonds is 10. The fourth-order valence-electron chi connectivity index (χ4n) is 4.31. The molecule has 1 saturated heterocycles. The molecule has 1 aliphatic heterocycles. The van der Waals surface area contributed by atoms with Crippen molar-refractivity contribution in [1.29, 1.82) is 0 Å². The van der Waals surface area contributed by atoms with Crippen LogP contribution in [0.15, 0.2) is 0 Å². The van der Waals surface area contributed by atoms with Crippen molar-refractivity contribution in [2.75, 3.05) is 32.8 Å². The molecule has 0 aromatic heterocycles. The fraction of sp³-hybridized carbons (Fsp3) is 1.00. The Labute approximate surface area is 132 Å². The van der Waals surface area contributed by atoms with Gasteiger partial charge in [-0.1, -0.05) is 34.6 Å². The topological polar surface area (TPSA) is 24.5 Å². The maximum absolute atomic E-state index is 5.82. The zero-order chi connectivity index (χ0) is 15.7. The molecular formula is C18H38N2O. The minimum atomic E-state index is 0.268. The highest BCUT2D eigenvalue weighted by atomic mass is 16.5. The van der Waals surface area contributed by atoms with Gasteiger partial charge in [-0.15, -0.1) is 0 Å². The van der Waals surface area contributed by atoms with E-state index in [9.17, 15) is 0 Å². The number of hydrogen-bond donors (Lipinski definition) is 1. The van der Waals surface area contributed by atoms with Gasteiger partial charge in [0.25, 0.3) is 0 Å². The van der Waals surface area contributed by atoms with E-state index in [1.54, 1.807) is 0 Å². The summed E-state index contributed by atoms with van der Waals surface area (Å²) in [7, 11) is 0. The Morgan fingerprint density at radius 2 is 1.81 bits per heavy atom. The molecule has 0 radical (unpaired) electrons. The van der Waals surface area contributed by atoms with Crippen LogP contribution >= 0.6 is 0 Å². The summed E-state index contributed by atoms with van der Waals surface area (Å²) < 4.78 is 5.82. The zero-order valence-electron chi connectivity index (χ0n) is 15.1. The average molecular weight is 299 g/mol. The van der Waals surface area contributed by atoms with Crippen molar-refractivity contribution in [2.45, 2.75) is 78.3 Å². The van der Waals surface area contributed by atoms with Gasteiger partial charge >= 0.3 is 0 Å². The van der Waals surface area contributed by atoms with Gasteiger partial charge in [0.05, 0.1) is 6.61 Å². The predicted octanol–water partition coefficient (Wildman–Crippen LogP) is 3.68. The van der Waals surface area contributed by atoms with Crippen molar-refractivity contribution in [2.24, 2.45) is 5.92 Å². The second kappa shape index (κ2) is 9.81. The third kappa shape index (κ3) is 4.43. The van der Waals surface area contributed by atoms with Crippen LogP contribution in [-0.4, -0.2) is 49.3 Å². The van der Waals surface area contributed by atoms with E-state index >= 15 is 0 Å². The third-order valence-corrected chi connectivity index (χ3v) is 5.48. The van der Waals surface area contributed by atoms with Gasteiger partial charge in [-0.2, -0.15) is 0 Å². The van der Waals surface area contributed by atoms with Crippen molar-refractivity contribution < 1.29 is 4.74 Å². The second-order valence-corrected chi connectivity index (χ2v) is 6.39. The molecule has 1 N–H and O–H groups in total. The van der Waals surface area contributed by atoms with Gasteiger partial charge in [-0.05, 0) is 57.7 Å². The molecule has 1 rings (SSSR count). The standard InChI is InChI=1S/C18H38N2O/c1-6-13-19-17(16-12-11-14-21-15-16)18(7-2,8-3)20(9-4)10-5/h16-17,19H,6-15H2,1-5H3. The average Bonchev–Trinajstić information content (AvgIpc) is 2.55. The predicted molar refractivity (Wildman–Crippen MR) is 91.9 cm³/mol. The lowest BCUT2D eigenvalue weighted by atomic mass is 9.74. The lowest BCUT2D eigenvalue weighted by Crippen LogP contribution is -2.64. The summed E-state index contributed by atoms with van der Waals surface area (Å²) >= 11 is 0. The van der Waals surface area contributed by atoms with Crippen LogP contribution in [0.2, 0.25) is 0 Å². The second-order valence-electron chi connectivity index (χ2n) is 6.39. The molecule has 21 heavy (non-hydrogen) atoms. The minimum absolute atomic E-state index is 0.268. The van der Waals surface area contributed by atoms with E-state index in [4.69, 9.17) is 4.74 Å². The molecule has 3 heteroatoms. The van der Waals surface area contributed by atoms with Crippen molar-refractivity contribution >= 4 is 0 Å². The minimum Gasteiger partial charge on any atom is -0.381 e. The first-order valence-electron chi connectivity index (χ1n) is 9.26. The van der Waals surface area contributed by atoms with E-state index in [-0.39, 0.29) is 5.54 Å². The molecule has 0 bridgehead atoms. The van der Waals surface area contributed by atoms with Crippen LogP contribution in [0.1, 0.15) is 66.7 Å². The number of nitrogens with zero attached hydrogens (tertiary/aromatic N) is 1. The van der Waals surface area contributed by atoms with Crippen LogP contribution in [0.4, 0.5) is 0 Å². The lowest BCUT2D eigenvalue weighted by molar-refractivity contribution is -0.0233. The van der Waals surface area contributed by atoms with Crippen LogP contribution < -0.4 is 5.32 Å². The van der Waals surface area contributed by atoms with Gasteiger partial charge in [0.2, 0.25) is 0 Å². The molecule has 0 spiro atoms. The first kappa shape index (κ1) is 18.9. The van der Waals surface area contributed by atoms with E-state index in [0.29, 0.717) is 12.0 Å². The summed E-state index contributed by atoms with van der Waals surface area (Å²) in [5.41, 5.74) is 0.268. The van der Waals surface area contributed by atoms with Crippen molar-refractivity contribution in [3.8, 4) is 0 Å². The molecule has 1 fully saturated rings. The van der Waals surface area contributed by atoms with Crippen molar-refractivity contribution in [3.63, 3.8) is 0 Å². The number of ether oxygens (including phenoxy) is 1. The molecule has 0 amide bonds. The summed E-state index contributed by atoms with van der Waals surface area (Å²) in [6, 6.07) is 0.549. The van der Waals surface area contributed by atoms with E-state index < -0.39 is 0 Å². The molecule has 0 aromatic carbocycles. The molecule has 0 saturated carbocycles. The number of hydrogen-bond acceptors (Lipinski definition) is 3. The summed E-state index contributed by atoms with van der Waals surface area (Å²) in [6.45, 7) is 16.9. The van der Waals surface area contributed by atoms with Gasteiger partial charge in [0, 0.05) is 18.2 Å². The molecule has 1 heterocycles. The number of likely N-dealkylation sites (N-methyl/N-ethyl adjacent to an activating group) is 1. The van der Waals surface area contributed by atoms with Crippen LogP contribution in [0.5, 0.6) is 0 Å². The maximum Gasteiger partial charge on any atom is 0.0509 e. The van der Waals surface area contributed by atoms with Gasteiger partial charge < -0.3 is 10.1 Å². The molecule has 126 valence electrons. The Balaban J connectivity index is 3.02. The lowest BCUT2D eigenvalue weighted by Gasteiger charge is -2.51. The van der Waals surface area contributed by atoms with E-state index in [1.165, 1.54) is 32.1 Å². The monoisotopic (exact) mass is 298 g/mol. The van der Waals surface area contributed by atoms with Gasteiger partial charge in [-0.3, -0.25) is 4.90 Å². The van der Waals surface area contributed by atoms with E-state index in [1.807, 2.05) is 0 Å². The normalized spacial score (nSPS) is 21.7. The molecule has 0 aromatic rings. The first-order chi connectivity index (χ1) is 10.2. The van der Waals surface area contributed by atoms with Crippen molar-refractivity contribution in [3.05, 3.63) is 0 Å². The quantitative estimate of drug-likeness (QED) is 0.666. The van der Waals surface area contributed by atoms with Gasteiger partial charge in [0.15, 0.2) is 0 Å². The Morgan fingerprint density at radius 3 is 2.24 bits per heavy atom. The summed E-state index contributed by atoms with van der Waals surface area (Å²) in [6.07, 6.45) is 6.15. The molecule has 2 atom stereocenters. The Hall–Kier alpha value is -0.120. The third-order valence-electron chi connectivity index (χ3n) is 5.48. The Kier molecular flexibility index (Phi) is 8.84. The molecule has 3 nitrogen and oxygen atoms in total. The SMILES string of the molecule is CCCNC(C1CCCOC1)C(CC)(CC)N(CC)CC. The molecule has 0 aliphatic carbocycles. The van der Waals surface area contributed by atoms with Gasteiger partial charge in [-0.25, -0.2) is 0 Å². The zero-order valence-corrected chi connectivity index (χ0v) is 15.1. The highest BCUT2D eigenvalue weighted by Crippen LogP contribution is 2.34. The smallest absolute Gasteiger partial charge is 0.0509 e. The van der Waals surface area contributed by atoms with E-state index in [0.717, 1.165) is 32.8 Å². The van der Waals surface area contributed by atoms with Crippen LogP contribution in [0.25, 0.3) is 0 Å². The summed E-state index contributed by atoms with van der Waals surface area (Å²) in [4.78, 5) is 2.69. The summed E-state index contributed by atoms with van der Waals surface area (Å²) in [5.74, 6) is 0.658. The maximum atomic E-state index is 5.82. The fourth-order valence-corrected chi connectivity index (χ4v) is 4.31. The van der Waals surface area contributed by atoms with Crippen LogP contribution in [-0.2, 0) is 4.74 Å². The van der Waals surface area contributed by atoms with Gasteiger partial charge in [0.1, 0.15) is 0 Å². The first-order valence-corrected chi connectivity index (χ1v) is 9.26. The van der Waals surface area contributed by atoms with Crippen LogP contribution in [0.3, 0.4) is 0 Å². The highest BCUT2D eigenvalue weighted by Gasteiger charge is 2.43. The largest absolute Gasteiger partial charge is 0.381 e. The van der Waals surface area contributed by atoms with Crippen LogP contribution in [0, 0.1) is 5.92 Å². The highest BCUT2D eigenvalue weighted by molar-refractivity contribution is 5.02. The van der Waals surface area contributed by atoms with Crippen molar-refractivity contribution in [1.82, 2.24) is 10.2 Å².